The lowest BCUT2D eigenvalue weighted by Crippen LogP contribution is -2.40. The quantitative estimate of drug-likeness (QED) is 0.759. The molecule has 0 radical (unpaired) electrons. The van der Waals surface area contributed by atoms with Crippen molar-refractivity contribution in [1.82, 2.24) is 19.6 Å². The van der Waals surface area contributed by atoms with Crippen LogP contribution in [0.3, 0.4) is 0 Å². The molecule has 0 saturated carbocycles. The second kappa shape index (κ2) is 8.84. The average molecular weight is 349 g/mol. The molecule has 2 rings (SSSR count). The van der Waals surface area contributed by atoms with E-state index in [4.69, 9.17) is 0 Å². The van der Waals surface area contributed by atoms with Crippen molar-refractivity contribution in [1.29, 1.82) is 0 Å². The predicted octanol–water partition coefficient (Wildman–Crippen LogP) is 3.29. The van der Waals surface area contributed by atoms with Crippen LogP contribution in [0.1, 0.15) is 63.4 Å². The molecule has 5 heteroatoms. The molecule has 1 aliphatic rings. The van der Waals surface area contributed by atoms with Crippen molar-refractivity contribution in [3.05, 3.63) is 17.0 Å². The maximum absolute atomic E-state index is 13.0. The Bertz CT molecular complexity index is 570. The van der Waals surface area contributed by atoms with Crippen LogP contribution in [-0.4, -0.2) is 51.2 Å². The maximum Gasteiger partial charge on any atom is 0.223 e. The van der Waals surface area contributed by atoms with Gasteiger partial charge in [-0.3, -0.25) is 9.48 Å². The Labute approximate surface area is 153 Å². The Hall–Kier alpha value is -1.36. The fourth-order valence-electron chi connectivity index (χ4n) is 3.87. The minimum atomic E-state index is 0.215. The number of amides is 1. The molecule has 0 spiro atoms. The van der Waals surface area contributed by atoms with Crippen LogP contribution < -0.4 is 0 Å². The van der Waals surface area contributed by atoms with E-state index in [0.717, 1.165) is 37.3 Å². The van der Waals surface area contributed by atoms with E-state index in [9.17, 15) is 4.79 Å². The Kier molecular flexibility index (Phi) is 7.05. The normalized spacial score (nSPS) is 16.6. The van der Waals surface area contributed by atoms with Gasteiger partial charge in [-0.15, -0.1) is 0 Å². The average Bonchev–Trinajstić information content (AvgIpc) is 2.79. The largest absolute Gasteiger partial charge is 0.336 e. The molecule has 142 valence electrons. The van der Waals surface area contributed by atoms with Gasteiger partial charge in [0.2, 0.25) is 5.91 Å². The molecule has 1 aliphatic heterocycles. The van der Waals surface area contributed by atoms with E-state index in [1.165, 1.54) is 18.5 Å². The van der Waals surface area contributed by atoms with Gasteiger partial charge in [-0.1, -0.05) is 6.92 Å². The molecule has 1 aromatic rings. The first-order valence-corrected chi connectivity index (χ1v) is 9.84. The summed E-state index contributed by atoms with van der Waals surface area (Å²) >= 11 is 0. The number of carbonyl (C=O) groups is 1. The fourth-order valence-corrected chi connectivity index (χ4v) is 3.87. The van der Waals surface area contributed by atoms with Crippen LogP contribution in [0, 0.1) is 19.8 Å². The number of nitrogens with zero attached hydrogens (tertiary/aromatic N) is 4. The lowest BCUT2D eigenvalue weighted by Gasteiger charge is -2.33. The maximum atomic E-state index is 13.0. The summed E-state index contributed by atoms with van der Waals surface area (Å²) in [5, 5.41) is 4.50. The fraction of sp³-hybridized carbons (Fsp3) is 0.800. The third-order valence-corrected chi connectivity index (χ3v) is 5.64. The lowest BCUT2D eigenvalue weighted by molar-refractivity contribution is -0.135. The van der Waals surface area contributed by atoms with Crippen molar-refractivity contribution in [3.63, 3.8) is 0 Å². The van der Waals surface area contributed by atoms with E-state index in [2.05, 4.69) is 37.7 Å². The first kappa shape index (κ1) is 20.0. The molecular weight excluding hydrogens is 312 g/mol. The monoisotopic (exact) mass is 348 g/mol. The van der Waals surface area contributed by atoms with Crippen molar-refractivity contribution in [3.8, 4) is 0 Å². The number of carbonyl (C=O) groups excluding carboxylic acids is 1. The SMILES string of the molecule is CCCN1CCC(CC(=O)N(Cc2c(C)nn(C)c2C)C(C)C)CC1. The molecule has 1 amide bonds. The highest BCUT2D eigenvalue weighted by Crippen LogP contribution is 2.24. The van der Waals surface area contributed by atoms with Gasteiger partial charge >= 0.3 is 0 Å². The second-order valence-electron chi connectivity index (χ2n) is 7.88. The lowest BCUT2D eigenvalue weighted by atomic mass is 9.92. The van der Waals surface area contributed by atoms with Crippen LogP contribution in [0.4, 0.5) is 0 Å². The van der Waals surface area contributed by atoms with Crippen LogP contribution >= 0.6 is 0 Å². The molecule has 0 aliphatic carbocycles. The second-order valence-corrected chi connectivity index (χ2v) is 7.88. The summed E-state index contributed by atoms with van der Waals surface area (Å²) in [5.74, 6) is 0.838. The zero-order chi connectivity index (χ0) is 18.6. The molecule has 0 unspecified atom stereocenters. The van der Waals surface area contributed by atoms with Crippen LogP contribution in [0.5, 0.6) is 0 Å². The summed E-state index contributed by atoms with van der Waals surface area (Å²) in [6.45, 7) is 14.7. The zero-order valence-electron chi connectivity index (χ0n) is 17.0. The van der Waals surface area contributed by atoms with Gasteiger partial charge in [-0.25, -0.2) is 0 Å². The van der Waals surface area contributed by atoms with E-state index < -0.39 is 0 Å². The molecule has 0 bridgehead atoms. The first-order valence-electron chi connectivity index (χ1n) is 9.84. The van der Waals surface area contributed by atoms with Crippen LogP contribution in [-0.2, 0) is 18.4 Å². The summed E-state index contributed by atoms with van der Waals surface area (Å²) in [6.07, 6.45) is 4.22. The van der Waals surface area contributed by atoms with Crippen LogP contribution in [0.2, 0.25) is 0 Å². The van der Waals surface area contributed by atoms with Gasteiger partial charge in [0.15, 0.2) is 0 Å². The Morgan fingerprint density at radius 3 is 2.40 bits per heavy atom. The Balaban J connectivity index is 1.97. The van der Waals surface area contributed by atoms with Gasteiger partial charge < -0.3 is 9.80 Å². The summed E-state index contributed by atoms with van der Waals surface area (Å²) in [7, 11) is 1.97. The van der Waals surface area contributed by atoms with Gasteiger partial charge in [0.05, 0.1) is 5.69 Å². The number of piperidine rings is 1. The minimum absolute atomic E-state index is 0.215. The molecule has 5 nitrogen and oxygen atoms in total. The van der Waals surface area contributed by atoms with Gasteiger partial charge in [0.1, 0.15) is 0 Å². The van der Waals surface area contributed by atoms with Gasteiger partial charge in [-0.2, -0.15) is 5.10 Å². The smallest absolute Gasteiger partial charge is 0.223 e. The van der Waals surface area contributed by atoms with Gasteiger partial charge in [0, 0.05) is 37.3 Å². The number of likely N-dealkylation sites (tertiary alicyclic amines) is 1. The molecule has 2 heterocycles. The van der Waals surface area contributed by atoms with Crippen molar-refractivity contribution in [2.24, 2.45) is 13.0 Å². The molecule has 25 heavy (non-hydrogen) atoms. The molecule has 0 atom stereocenters. The number of rotatable bonds is 7. The molecule has 0 N–H and O–H groups in total. The van der Waals surface area contributed by atoms with E-state index in [0.29, 0.717) is 24.8 Å². The van der Waals surface area contributed by atoms with Crippen molar-refractivity contribution >= 4 is 5.91 Å². The highest BCUT2D eigenvalue weighted by atomic mass is 16.2. The first-order chi connectivity index (χ1) is 11.8. The van der Waals surface area contributed by atoms with E-state index in [1.54, 1.807) is 0 Å². The number of hydrogen-bond donors (Lipinski definition) is 0. The highest BCUT2D eigenvalue weighted by Gasteiger charge is 2.26. The van der Waals surface area contributed by atoms with Crippen LogP contribution in [0.25, 0.3) is 0 Å². The molecule has 1 saturated heterocycles. The molecular formula is C20H36N4O. The summed E-state index contributed by atoms with van der Waals surface area (Å²) in [5.41, 5.74) is 3.39. The van der Waals surface area contributed by atoms with Crippen molar-refractivity contribution in [2.45, 2.75) is 72.9 Å². The van der Waals surface area contributed by atoms with E-state index in [-0.39, 0.29) is 6.04 Å². The number of aromatic nitrogens is 2. The van der Waals surface area contributed by atoms with Gasteiger partial charge in [-0.05, 0) is 72.5 Å². The summed E-state index contributed by atoms with van der Waals surface area (Å²) < 4.78 is 1.91. The van der Waals surface area contributed by atoms with E-state index >= 15 is 0 Å². The van der Waals surface area contributed by atoms with Gasteiger partial charge in [0.25, 0.3) is 0 Å². The summed E-state index contributed by atoms with van der Waals surface area (Å²) in [4.78, 5) is 17.5. The number of hydrogen-bond acceptors (Lipinski definition) is 3. The zero-order valence-corrected chi connectivity index (χ0v) is 17.0. The molecule has 1 fully saturated rings. The van der Waals surface area contributed by atoms with Crippen molar-refractivity contribution in [2.75, 3.05) is 19.6 Å². The number of aryl methyl sites for hydroxylation is 2. The third-order valence-electron chi connectivity index (χ3n) is 5.64. The molecule has 0 aromatic carbocycles. The topological polar surface area (TPSA) is 41.4 Å². The Morgan fingerprint density at radius 2 is 1.92 bits per heavy atom. The van der Waals surface area contributed by atoms with Crippen molar-refractivity contribution < 1.29 is 4.79 Å². The molecule has 1 aromatic heterocycles. The minimum Gasteiger partial charge on any atom is -0.336 e. The third kappa shape index (κ3) is 5.06. The van der Waals surface area contributed by atoms with E-state index in [1.807, 2.05) is 23.6 Å². The standard InChI is InChI=1S/C20H36N4O/c1-7-10-23-11-8-18(9-12-23)13-20(25)24(15(2)3)14-19-16(4)21-22(6)17(19)5/h15,18H,7-14H2,1-6H3. The summed E-state index contributed by atoms with van der Waals surface area (Å²) in [6, 6.07) is 0.215. The highest BCUT2D eigenvalue weighted by molar-refractivity contribution is 5.76. The van der Waals surface area contributed by atoms with Crippen LogP contribution in [0.15, 0.2) is 0 Å². The Morgan fingerprint density at radius 1 is 1.28 bits per heavy atom. The predicted molar refractivity (Wildman–Crippen MR) is 102 cm³/mol.